The summed E-state index contributed by atoms with van der Waals surface area (Å²) in [5.41, 5.74) is 3.58. The lowest BCUT2D eigenvalue weighted by atomic mass is 10.0. The first-order valence-electron chi connectivity index (χ1n) is 6.76. The summed E-state index contributed by atoms with van der Waals surface area (Å²) >= 11 is 9.99. The van der Waals surface area contributed by atoms with Crippen molar-refractivity contribution in [1.29, 1.82) is 0 Å². The summed E-state index contributed by atoms with van der Waals surface area (Å²) < 4.78 is 0. The van der Waals surface area contributed by atoms with Crippen LogP contribution in [0.15, 0.2) is 24.3 Å². The summed E-state index contributed by atoms with van der Waals surface area (Å²) in [5, 5.41) is 11.2. The maximum absolute atomic E-state index is 10.5. The van der Waals surface area contributed by atoms with Gasteiger partial charge in [-0.15, -0.1) is 11.3 Å². The van der Waals surface area contributed by atoms with E-state index < -0.39 is 6.10 Å². The summed E-state index contributed by atoms with van der Waals surface area (Å²) in [6.07, 6.45) is 1.28. The van der Waals surface area contributed by atoms with E-state index in [4.69, 9.17) is 11.6 Å². The van der Waals surface area contributed by atoms with Crippen LogP contribution < -0.4 is 0 Å². The standard InChI is InChI=1S/C16H17ClOS2/c1-10-2-3-11(13(17)6-10)7-14(18)16-8-12-9-19-5-4-15(12)20-16/h2-3,6,8,14,18H,4-5,7,9H2,1H3. The third-order valence-electron chi connectivity index (χ3n) is 3.60. The maximum atomic E-state index is 10.5. The molecule has 1 N–H and O–H groups in total. The number of rotatable bonds is 3. The number of aryl methyl sites for hydroxylation is 2. The topological polar surface area (TPSA) is 20.2 Å². The maximum Gasteiger partial charge on any atom is 0.0922 e. The van der Waals surface area contributed by atoms with Gasteiger partial charge in [0.05, 0.1) is 6.10 Å². The van der Waals surface area contributed by atoms with Crippen molar-refractivity contribution in [2.24, 2.45) is 0 Å². The first kappa shape index (κ1) is 14.5. The molecule has 20 heavy (non-hydrogen) atoms. The quantitative estimate of drug-likeness (QED) is 0.877. The number of halogens is 1. The van der Waals surface area contributed by atoms with Crippen LogP contribution in [0, 0.1) is 6.92 Å². The minimum absolute atomic E-state index is 0.448. The normalized spacial score (nSPS) is 15.9. The van der Waals surface area contributed by atoms with E-state index in [1.165, 1.54) is 16.2 Å². The molecule has 0 radical (unpaired) electrons. The molecule has 1 aliphatic heterocycles. The molecule has 1 atom stereocenters. The number of benzene rings is 1. The van der Waals surface area contributed by atoms with Gasteiger partial charge in [-0.25, -0.2) is 0 Å². The lowest BCUT2D eigenvalue weighted by Crippen LogP contribution is -2.00. The molecule has 1 unspecified atom stereocenters. The summed E-state index contributed by atoms with van der Waals surface area (Å²) in [6.45, 7) is 2.02. The number of thioether (sulfide) groups is 1. The predicted molar refractivity (Wildman–Crippen MR) is 89.0 cm³/mol. The van der Waals surface area contributed by atoms with Crippen LogP contribution in [0.2, 0.25) is 5.02 Å². The van der Waals surface area contributed by atoms with Crippen LogP contribution in [-0.2, 0) is 18.6 Å². The number of thiophene rings is 1. The Bertz CT molecular complexity index is 597. The van der Waals surface area contributed by atoms with Gasteiger partial charge in [-0.1, -0.05) is 23.7 Å². The molecule has 1 aromatic carbocycles. The Morgan fingerprint density at radius 1 is 1.35 bits per heavy atom. The van der Waals surface area contributed by atoms with E-state index in [2.05, 4.69) is 6.07 Å². The Morgan fingerprint density at radius 3 is 2.95 bits per heavy atom. The van der Waals surface area contributed by atoms with Gasteiger partial charge in [0.2, 0.25) is 0 Å². The molecule has 0 fully saturated rings. The molecule has 4 heteroatoms. The van der Waals surface area contributed by atoms with E-state index >= 15 is 0 Å². The first-order chi connectivity index (χ1) is 9.63. The third-order valence-corrected chi connectivity index (χ3v) is 6.30. The smallest absolute Gasteiger partial charge is 0.0922 e. The van der Waals surface area contributed by atoms with Crippen LogP contribution in [-0.4, -0.2) is 10.9 Å². The van der Waals surface area contributed by atoms with Crippen molar-refractivity contribution in [3.63, 3.8) is 0 Å². The fraction of sp³-hybridized carbons (Fsp3) is 0.375. The van der Waals surface area contributed by atoms with Crippen LogP contribution in [0.3, 0.4) is 0 Å². The lowest BCUT2D eigenvalue weighted by molar-refractivity contribution is 0.182. The summed E-state index contributed by atoms with van der Waals surface area (Å²) in [4.78, 5) is 2.53. The van der Waals surface area contributed by atoms with E-state index in [0.29, 0.717) is 6.42 Å². The van der Waals surface area contributed by atoms with Gasteiger partial charge in [0.15, 0.2) is 0 Å². The van der Waals surface area contributed by atoms with Gasteiger partial charge in [0.25, 0.3) is 0 Å². The molecule has 3 rings (SSSR count). The summed E-state index contributed by atoms with van der Waals surface area (Å²) in [5.74, 6) is 2.29. The highest BCUT2D eigenvalue weighted by Crippen LogP contribution is 2.36. The molecule has 2 heterocycles. The largest absolute Gasteiger partial charge is 0.387 e. The molecule has 0 amide bonds. The lowest BCUT2D eigenvalue weighted by Gasteiger charge is -2.10. The summed E-state index contributed by atoms with van der Waals surface area (Å²) in [7, 11) is 0. The van der Waals surface area contributed by atoms with E-state index in [1.807, 2.05) is 36.9 Å². The van der Waals surface area contributed by atoms with Crippen molar-refractivity contribution in [2.75, 3.05) is 5.75 Å². The van der Waals surface area contributed by atoms with Gasteiger partial charge < -0.3 is 5.11 Å². The van der Waals surface area contributed by atoms with Crippen molar-refractivity contribution >= 4 is 34.7 Å². The Labute approximate surface area is 133 Å². The zero-order chi connectivity index (χ0) is 14.1. The SMILES string of the molecule is Cc1ccc(CC(O)c2cc3c(s2)CCSC3)c(Cl)c1. The number of hydrogen-bond donors (Lipinski definition) is 1. The fourth-order valence-electron chi connectivity index (χ4n) is 2.46. The molecule has 0 saturated heterocycles. The Morgan fingerprint density at radius 2 is 2.20 bits per heavy atom. The van der Waals surface area contributed by atoms with Gasteiger partial charge in [0, 0.05) is 27.0 Å². The second kappa shape index (κ2) is 6.10. The molecular formula is C16H17ClOS2. The molecular weight excluding hydrogens is 308 g/mol. The molecule has 0 bridgehead atoms. The van der Waals surface area contributed by atoms with E-state index in [1.54, 1.807) is 11.3 Å². The van der Waals surface area contributed by atoms with Gasteiger partial charge in [-0.05, 0) is 47.9 Å². The molecule has 2 aromatic rings. The van der Waals surface area contributed by atoms with Crippen molar-refractivity contribution in [2.45, 2.75) is 31.6 Å². The molecule has 0 spiro atoms. The van der Waals surface area contributed by atoms with Crippen LogP contribution in [0.1, 0.15) is 32.5 Å². The molecule has 1 aliphatic rings. The second-order valence-electron chi connectivity index (χ2n) is 5.21. The third kappa shape index (κ3) is 3.06. The van der Waals surface area contributed by atoms with Gasteiger partial charge in [-0.3, -0.25) is 0 Å². The number of aliphatic hydroxyl groups excluding tert-OH is 1. The average molecular weight is 325 g/mol. The van der Waals surface area contributed by atoms with Crippen molar-refractivity contribution in [3.05, 3.63) is 55.7 Å². The molecule has 0 saturated carbocycles. The highest BCUT2D eigenvalue weighted by Gasteiger charge is 2.18. The minimum atomic E-state index is -0.448. The zero-order valence-corrected chi connectivity index (χ0v) is 13.7. The Kier molecular flexibility index (Phi) is 4.41. The number of fused-ring (bicyclic) bond motifs is 1. The van der Waals surface area contributed by atoms with E-state index in [-0.39, 0.29) is 0 Å². The number of aliphatic hydroxyl groups is 1. The molecule has 1 aromatic heterocycles. The monoisotopic (exact) mass is 324 g/mol. The number of hydrogen-bond acceptors (Lipinski definition) is 3. The zero-order valence-electron chi connectivity index (χ0n) is 11.4. The van der Waals surface area contributed by atoms with Crippen LogP contribution >= 0.6 is 34.7 Å². The fourth-order valence-corrected chi connectivity index (χ4v) is 5.14. The van der Waals surface area contributed by atoms with Crippen molar-refractivity contribution in [1.82, 2.24) is 0 Å². The molecule has 1 nitrogen and oxygen atoms in total. The van der Waals surface area contributed by atoms with Gasteiger partial charge >= 0.3 is 0 Å². The second-order valence-corrected chi connectivity index (χ2v) is 7.90. The van der Waals surface area contributed by atoms with Crippen LogP contribution in [0.5, 0.6) is 0 Å². The van der Waals surface area contributed by atoms with Gasteiger partial charge in [0.1, 0.15) is 0 Å². The minimum Gasteiger partial charge on any atom is -0.387 e. The van der Waals surface area contributed by atoms with Crippen molar-refractivity contribution < 1.29 is 5.11 Å². The molecule has 106 valence electrons. The predicted octanol–water partition coefficient (Wildman–Crippen LogP) is 4.78. The van der Waals surface area contributed by atoms with Crippen molar-refractivity contribution in [3.8, 4) is 0 Å². The summed E-state index contributed by atoms with van der Waals surface area (Å²) in [6, 6.07) is 8.20. The van der Waals surface area contributed by atoms with Crippen LogP contribution in [0.25, 0.3) is 0 Å². The first-order valence-corrected chi connectivity index (χ1v) is 9.10. The molecule has 0 aliphatic carbocycles. The van der Waals surface area contributed by atoms with Crippen LogP contribution in [0.4, 0.5) is 0 Å². The van der Waals surface area contributed by atoms with Gasteiger partial charge in [-0.2, -0.15) is 11.8 Å². The highest BCUT2D eigenvalue weighted by molar-refractivity contribution is 7.98. The van der Waals surface area contributed by atoms with E-state index in [0.717, 1.165) is 33.2 Å². The average Bonchev–Trinajstić information content (AvgIpc) is 2.86. The Balaban J connectivity index is 1.78. The highest BCUT2D eigenvalue weighted by atomic mass is 35.5. The van der Waals surface area contributed by atoms with E-state index in [9.17, 15) is 5.11 Å². The Hall–Kier alpha value is -0.480.